The Hall–Kier alpha value is -6.39. The van der Waals surface area contributed by atoms with E-state index in [-0.39, 0.29) is 29.6 Å². The molecule has 4 aromatic carbocycles. The van der Waals surface area contributed by atoms with Crippen molar-refractivity contribution in [3.8, 4) is 23.0 Å². The minimum Gasteiger partial charge on any atom is -0.508 e. The Bertz CT molecular complexity index is 2330. The van der Waals surface area contributed by atoms with Crippen molar-refractivity contribution in [2.75, 3.05) is 24.0 Å². The Morgan fingerprint density at radius 2 is 1.07 bits per heavy atom. The Kier molecular flexibility index (Phi) is 13.7. The molecule has 6 rings (SSSR count). The van der Waals surface area contributed by atoms with Gasteiger partial charge in [-0.3, -0.25) is 24.2 Å². The maximum Gasteiger partial charge on any atom is 0.335 e. The summed E-state index contributed by atoms with van der Waals surface area (Å²) in [5, 5.41) is 9.48. The summed E-state index contributed by atoms with van der Waals surface area (Å²) < 4.78 is 16.2. The number of phenols is 1. The molecule has 2 fully saturated rings. The maximum atomic E-state index is 12.6. The first kappa shape index (κ1) is 43.3. The molecule has 0 bridgehead atoms. The molecule has 2 heterocycles. The number of amides is 2. The summed E-state index contributed by atoms with van der Waals surface area (Å²) in [5.41, 5.74) is 9.98. The zero-order valence-electron chi connectivity index (χ0n) is 33.5. The van der Waals surface area contributed by atoms with Gasteiger partial charge in [0, 0.05) is 40.7 Å². The molecule has 2 aliphatic heterocycles. The molecule has 0 radical (unpaired) electrons. The molecule has 0 spiro atoms. The molecule has 0 aromatic heterocycles. The molecular formula is C46H47ClN2O8. The lowest BCUT2D eigenvalue weighted by Crippen LogP contribution is -2.48. The smallest absolute Gasteiger partial charge is 0.335 e. The van der Waals surface area contributed by atoms with Crippen LogP contribution in [0, 0.1) is 41.5 Å². The minimum atomic E-state index is -0.528. The van der Waals surface area contributed by atoms with Crippen molar-refractivity contribution >= 4 is 46.0 Å². The van der Waals surface area contributed by atoms with Gasteiger partial charge in [0.15, 0.2) is 0 Å². The number of β-lactam (4-membered cyclic amide) rings is 2. The number of methoxy groups -OCH3 is 2. The predicted octanol–water partition coefficient (Wildman–Crippen LogP) is 9.26. The molecular weight excluding hydrogens is 744 g/mol. The fourth-order valence-electron chi connectivity index (χ4n) is 6.35. The fraction of sp³-hybridized carbons (Fsp3) is 0.217. The second-order valence-electron chi connectivity index (χ2n) is 13.6. The van der Waals surface area contributed by atoms with Crippen molar-refractivity contribution in [1.29, 1.82) is 0 Å². The van der Waals surface area contributed by atoms with Gasteiger partial charge in [-0.25, -0.2) is 4.79 Å². The normalized spacial score (nSPS) is 15.5. The van der Waals surface area contributed by atoms with Crippen LogP contribution < -0.4 is 24.0 Å². The van der Waals surface area contributed by atoms with E-state index in [4.69, 9.17) is 25.8 Å². The Labute approximate surface area is 338 Å². The third-order valence-corrected chi connectivity index (χ3v) is 10.1. The third-order valence-electron chi connectivity index (χ3n) is 9.98. The zero-order chi connectivity index (χ0) is 42.5. The van der Waals surface area contributed by atoms with Gasteiger partial charge in [-0.2, -0.15) is 0 Å². The van der Waals surface area contributed by atoms with Crippen molar-refractivity contribution in [2.24, 2.45) is 0 Å². The number of rotatable bonds is 9. The molecule has 10 nitrogen and oxygen atoms in total. The van der Waals surface area contributed by atoms with E-state index in [9.17, 15) is 24.3 Å². The molecule has 1 N–H and O–H groups in total. The first-order valence-corrected chi connectivity index (χ1v) is 18.2. The van der Waals surface area contributed by atoms with Crippen LogP contribution in [0.1, 0.15) is 56.6 Å². The average Bonchev–Trinajstić information content (AvgIpc) is 3.19. The molecule has 0 unspecified atom stereocenters. The summed E-state index contributed by atoms with van der Waals surface area (Å²) >= 11 is 4.71. The number of carbonyl (C=O) groups is 4. The van der Waals surface area contributed by atoms with E-state index in [0.717, 1.165) is 79.5 Å². The number of carbonyl (C=O) groups excluding carboxylic acids is 4. The molecule has 2 saturated heterocycles. The summed E-state index contributed by atoms with van der Waals surface area (Å²) in [7, 11) is 3.23. The Morgan fingerprint density at radius 1 is 0.649 bits per heavy atom. The molecule has 4 aromatic rings. The molecule has 2 aliphatic rings. The van der Waals surface area contributed by atoms with Gasteiger partial charge in [-0.05, 0) is 128 Å². The number of halogens is 1. The number of aromatic hydroxyl groups is 1. The minimum absolute atomic E-state index is 0.106. The standard InChI is InChI=1S/C23H23NO4.C20H21NO3.C3H3ClO/c1-7-21(25)28-19-11-17(9-8-13(19)2)22-16(5)23(26)24(22)18-10-14(3)15(4)20(12-18)27-6;1-11-6-7-15(9-17(11)22)19-14(4)20(23)21(19)16-8-12(2)13(3)18(10-16)24-5;1-2-3(4)5/h7-12,22H,1,5H2,2-4,6H3;6-10,19,22H,4H2,1-3,5H3;2H,1H2/t22-;19-;/m11./s1. The van der Waals surface area contributed by atoms with Gasteiger partial charge in [-0.1, -0.05) is 50.6 Å². The van der Waals surface area contributed by atoms with Gasteiger partial charge in [-0.15, -0.1) is 0 Å². The first-order chi connectivity index (χ1) is 26.9. The second-order valence-corrected chi connectivity index (χ2v) is 14.0. The van der Waals surface area contributed by atoms with Crippen LogP contribution in [0.15, 0.2) is 110 Å². The molecule has 2 amide bonds. The molecule has 296 valence electrons. The SMILES string of the molecule is C=C1C(=O)N(c2cc(C)c(C)c(OC)c2)[C@H]1c1ccc(C)c(O)c1.C=CC(=O)Cl.C=CC(=O)Oc1cc([C@H]2C(=C)C(=O)N2c2cc(C)c(C)c(OC)c2)ccc1C. The van der Waals surface area contributed by atoms with E-state index >= 15 is 0 Å². The van der Waals surface area contributed by atoms with Crippen LogP contribution in [0.4, 0.5) is 11.4 Å². The van der Waals surface area contributed by atoms with Crippen molar-refractivity contribution in [3.63, 3.8) is 0 Å². The van der Waals surface area contributed by atoms with Gasteiger partial charge < -0.3 is 19.3 Å². The Morgan fingerprint density at radius 3 is 1.46 bits per heavy atom. The van der Waals surface area contributed by atoms with Gasteiger partial charge in [0.1, 0.15) is 23.0 Å². The van der Waals surface area contributed by atoms with Gasteiger partial charge in [0.05, 0.1) is 26.3 Å². The van der Waals surface area contributed by atoms with Gasteiger partial charge in [0.2, 0.25) is 5.24 Å². The number of anilines is 2. The van der Waals surface area contributed by atoms with E-state index in [1.165, 1.54) is 0 Å². The summed E-state index contributed by atoms with van der Waals surface area (Å²) in [6.07, 6.45) is 2.16. The van der Waals surface area contributed by atoms with Gasteiger partial charge in [0.25, 0.3) is 11.8 Å². The predicted molar refractivity (Wildman–Crippen MR) is 225 cm³/mol. The van der Waals surface area contributed by atoms with Crippen LogP contribution in [0.2, 0.25) is 0 Å². The van der Waals surface area contributed by atoms with E-state index < -0.39 is 11.2 Å². The number of benzene rings is 4. The zero-order valence-corrected chi connectivity index (χ0v) is 34.2. The maximum absolute atomic E-state index is 12.6. The number of phenolic OH excluding ortho intramolecular Hbond substituents is 1. The average molecular weight is 791 g/mol. The van der Waals surface area contributed by atoms with E-state index in [2.05, 4.69) is 26.3 Å². The topological polar surface area (TPSA) is 123 Å². The Balaban J connectivity index is 0.000000228. The van der Waals surface area contributed by atoms with Crippen LogP contribution >= 0.6 is 11.6 Å². The number of hydrogen-bond acceptors (Lipinski definition) is 8. The lowest BCUT2D eigenvalue weighted by atomic mass is 9.87. The van der Waals surface area contributed by atoms with Crippen LogP contribution in [0.25, 0.3) is 0 Å². The number of ether oxygens (including phenoxy) is 3. The van der Waals surface area contributed by atoms with Crippen LogP contribution in [0.5, 0.6) is 23.0 Å². The highest BCUT2D eigenvalue weighted by molar-refractivity contribution is 6.66. The number of nitrogens with zero attached hydrogens (tertiary/aromatic N) is 2. The summed E-state index contributed by atoms with van der Waals surface area (Å²) in [4.78, 5) is 49.5. The highest BCUT2D eigenvalue weighted by Crippen LogP contribution is 2.46. The molecule has 0 aliphatic carbocycles. The molecule has 2 atom stereocenters. The quantitative estimate of drug-likeness (QED) is 0.0586. The largest absolute Gasteiger partial charge is 0.508 e. The molecule has 0 saturated carbocycles. The number of aryl methyl sites for hydroxylation is 4. The van der Waals surface area contributed by atoms with Crippen LogP contribution in [-0.4, -0.2) is 42.4 Å². The lowest BCUT2D eigenvalue weighted by Gasteiger charge is -2.43. The lowest BCUT2D eigenvalue weighted by molar-refractivity contribution is -0.129. The van der Waals surface area contributed by atoms with E-state index in [1.54, 1.807) is 36.2 Å². The van der Waals surface area contributed by atoms with Crippen molar-refractivity contribution < 1.29 is 38.5 Å². The van der Waals surface area contributed by atoms with Crippen LogP contribution in [-0.2, 0) is 19.2 Å². The summed E-state index contributed by atoms with van der Waals surface area (Å²) in [6.45, 7) is 26.0. The van der Waals surface area contributed by atoms with E-state index in [0.29, 0.717) is 16.9 Å². The first-order valence-electron chi connectivity index (χ1n) is 17.8. The second kappa shape index (κ2) is 18.0. The molecule has 57 heavy (non-hydrogen) atoms. The third kappa shape index (κ3) is 9.03. The monoisotopic (exact) mass is 790 g/mol. The number of allylic oxidation sites excluding steroid dienone is 1. The summed E-state index contributed by atoms with van der Waals surface area (Å²) in [6, 6.07) is 18.1. The number of esters is 1. The van der Waals surface area contributed by atoms with Gasteiger partial charge >= 0.3 is 5.97 Å². The highest BCUT2D eigenvalue weighted by Gasteiger charge is 2.44. The number of hydrogen-bond donors (Lipinski definition) is 1. The van der Waals surface area contributed by atoms with Crippen molar-refractivity contribution in [2.45, 2.75) is 53.6 Å². The highest BCUT2D eigenvalue weighted by atomic mass is 35.5. The van der Waals surface area contributed by atoms with Crippen molar-refractivity contribution in [3.05, 3.63) is 155 Å². The fourth-order valence-corrected chi connectivity index (χ4v) is 6.35. The molecule has 11 heteroatoms. The van der Waals surface area contributed by atoms with Crippen molar-refractivity contribution in [1.82, 2.24) is 0 Å². The van der Waals surface area contributed by atoms with Crippen LogP contribution in [0.3, 0.4) is 0 Å². The van der Waals surface area contributed by atoms with E-state index in [1.807, 2.05) is 90.1 Å². The summed E-state index contributed by atoms with van der Waals surface area (Å²) in [5.74, 6) is 1.36.